The molecule has 1 aliphatic heterocycles. The summed E-state index contributed by atoms with van der Waals surface area (Å²) in [5.41, 5.74) is -1.18. The van der Waals surface area contributed by atoms with Crippen molar-refractivity contribution in [1.82, 2.24) is 10.2 Å². The average molecular weight is 288 g/mol. The Bertz CT molecular complexity index is 543. The standard InChI is InChI=1S/C16H20N2O3/c19-12-16(1-2-16)13(20)18(14(21)17-12)15-6-9-3-10(7-15)5-11(4-9)8-15/h9-11H,1-8H2,(H,17,19,21). The lowest BCUT2D eigenvalue weighted by molar-refractivity contribution is -0.156. The van der Waals surface area contributed by atoms with Gasteiger partial charge in [0.1, 0.15) is 5.41 Å². The van der Waals surface area contributed by atoms with Crippen molar-refractivity contribution in [2.24, 2.45) is 23.2 Å². The fourth-order valence-corrected chi connectivity index (χ4v) is 6.01. The third-order valence-corrected chi connectivity index (χ3v) is 6.70. The minimum absolute atomic E-state index is 0.196. The van der Waals surface area contributed by atoms with Gasteiger partial charge in [0.15, 0.2) is 0 Å². The molecule has 1 saturated heterocycles. The highest BCUT2D eigenvalue weighted by molar-refractivity contribution is 6.21. The molecule has 112 valence electrons. The van der Waals surface area contributed by atoms with Crippen LogP contribution in [0.5, 0.6) is 0 Å². The molecule has 6 rings (SSSR count). The third kappa shape index (κ3) is 1.40. The van der Waals surface area contributed by atoms with E-state index in [4.69, 9.17) is 0 Å². The molecule has 5 saturated carbocycles. The Morgan fingerprint density at radius 2 is 1.43 bits per heavy atom. The second-order valence-electron chi connectivity index (χ2n) is 8.12. The van der Waals surface area contributed by atoms with Crippen LogP contribution in [-0.4, -0.2) is 28.3 Å². The fraction of sp³-hybridized carbons (Fsp3) is 0.812. The van der Waals surface area contributed by atoms with Crippen LogP contribution >= 0.6 is 0 Å². The number of barbiturate groups is 1. The topological polar surface area (TPSA) is 66.5 Å². The van der Waals surface area contributed by atoms with Crippen molar-refractivity contribution in [1.29, 1.82) is 0 Å². The molecule has 6 aliphatic rings. The van der Waals surface area contributed by atoms with E-state index in [0.29, 0.717) is 30.6 Å². The molecular weight excluding hydrogens is 268 g/mol. The van der Waals surface area contributed by atoms with Crippen molar-refractivity contribution in [3.8, 4) is 0 Å². The lowest BCUT2D eigenvalue weighted by atomic mass is 9.52. The summed E-state index contributed by atoms with van der Waals surface area (Å²) < 4.78 is 0. The maximum Gasteiger partial charge on any atom is 0.331 e. The van der Waals surface area contributed by atoms with Crippen LogP contribution in [0.4, 0.5) is 4.79 Å². The number of nitrogens with one attached hydrogen (secondary N) is 1. The van der Waals surface area contributed by atoms with E-state index in [-0.39, 0.29) is 17.4 Å². The van der Waals surface area contributed by atoms with Gasteiger partial charge in [-0.25, -0.2) is 4.79 Å². The first-order valence-corrected chi connectivity index (χ1v) is 8.23. The molecule has 0 radical (unpaired) electrons. The molecule has 5 heteroatoms. The summed E-state index contributed by atoms with van der Waals surface area (Å²) in [6.45, 7) is 0. The molecule has 0 aromatic rings. The number of nitrogens with zero attached hydrogens (tertiary/aromatic N) is 1. The van der Waals surface area contributed by atoms with Gasteiger partial charge in [-0.05, 0) is 69.1 Å². The summed E-state index contributed by atoms with van der Waals surface area (Å²) in [5, 5.41) is 2.46. The molecule has 5 aliphatic carbocycles. The molecule has 1 spiro atoms. The minimum atomic E-state index is -0.892. The molecule has 21 heavy (non-hydrogen) atoms. The molecule has 0 atom stereocenters. The number of rotatable bonds is 1. The number of hydrogen-bond donors (Lipinski definition) is 1. The molecule has 5 nitrogen and oxygen atoms in total. The van der Waals surface area contributed by atoms with E-state index in [0.717, 1.165) is 19.3 Å². The highest BCUT2D eigenvalue weighted by Gasteiger charge is 2.67. The summed E-state index contributed by atoms with van der Waals surface area (Å²) in [4.78, 5) is 38.8. The zero-order chi connectivity index (χ0) is 14.4. The molecule has 6 fully saturated rings. The molecule has 4 amide bonds. The van der Waals surface area contributed by atoms with Gasteiger partial charge in [-0.2, -0.15) is 0 Å². The minimum Gasteiger partial charge on any atom is -0.277 e. The van der Waals surface area contributed by atoms with E-state index in [1.807, 2.05) is 0 Å². The van der Waals surface area contributed by atoms with Gasteiger partial charge < -0.3 is 0 Å². The Morgan fingerprint density at radius 3 is 1.90 bits per heavy atom. The molecule has 0 unspecified atom stereocenters. The Hall–Kier alpha value is -1.39. The number of carbonyl (C=O) groups is 3. The van der Waals surface area contributed by atoms with Gasteiger partial charge in [0.2, 0.25) is 11.8 Å². The first kappa shape index (κ1) is 12.2. The predicted octanol–water partition coefficient (Wildman–Crippen LogP) is 1.81. The van der Waals surface area contributed by atoms with Crippen molar-refractivity contribution >= 4 is 17.8 Å². The molecular formula is C16H20N2O3. The average Bonchev–Trinajstić information content (AvgIpc) is 3.16. The molecule has 1 N–H and O–H groups in total. The lowest BCUT2D eigenvalue weighted by Gasteiger charge is -2.60. The van der Waals surface area contributed by atoms with E-state index in [9.17, 15) is 14.4 Å². The van der Waals surface area contributed by atoms with Crippen LogP contribution in [0.1, 0.15) is 51.4 Å². The van der Waals surface area contributed by atoms with Crippen LogP contribution in [0.15, 0.2) is 0 Å². The summed E-state index contributed by atoms with van der Waals surface area (Å²) >= 11 is 0. The summed E-state index contributed by atoms with van der Waals surface area (Å²) in [7, 11) is 0. The monoisotopic (exact) mass is 288 g/mol. The highest BCUT2D eigenvalue weighted by Crippen LogP contribution is 2.60. The Labute approximate surface area is 123 Å². The maximum absolute atomic E-state index is 12.9. The Balaban J connectivity index is 1.56. The first-order chi connectivity index (χ1) is 10.0. The maximum atomic E-state index is 12.9. The van der Waals surface area contributed by atoms with E-state index in [1.54, 1.807) is 0 Å². The van der Waals surface area contributed by atoms with Crippen LogP contribution in [-0.2, 0) is 9.59 Å². The molecule has 0 aromatic carbocycles. The first-order valence-electron chi connectivity index (χ1n) is 8.23. The van der Waals surface area contributed by atoms with Gasteiger partial charge in [-0.15, -0.1) is 0 Å². The predicted molar refractivity (Wildman–Crippen MR) is 73.0 cm³/mol. The number of imide groups is 2. The van der Waals surface area contributed by atoms with E-state index in [1.165, 1.54) is 24.2 Å². The van der Waals surface area contributed by atoms with Gasteiger partial charge in [0.05, 0.1) is 5.54 Å². The number of urea groups is 1. The van der Waals surface area contributed by atoms with Crippen molar-refractivity contribution < 1.29 is 14.4 Å². The molecule has 4 bridgehead atoms. The van der Waals surface area contributed by atoms with Crippen LogP contribution in [0, 0.1) is 23.2 Å². The smallest absolute Gasteiger partial charge is 0.277 e. The summed E-state index contributed by atoms with van der Waals surface area (Å²) in [6.07, 6.45) is 7.90. The molecule has 1 heterocycles. The van der Waals surface area contributed by atoms with Crippen LogP contribution in [0.2, 0.25) is 0 Å². The normalized spacial score (nSPS) is 46.2. The number of amides is 4. The van der Waals surface area contributed by atoms with Crippen molar-refractivity contribution in [2.45, 2.75) is 56.9 Å². The van der Waals surface area contributed by atoms with Crippen molar-refractivity contribution in [3.05, 3.63) is 0 Å². The van der Waals surface area contributed by atoms with E-state index in [2.05, 4.69) is 5.32 Å². The van der Waals surface area contributed by atoms with Gasteiger partial charge in [-0.3, -0.25) is 19.8 Å². The summed E-state index contributed by atoms with van der Waals surface area (Å²) in [5.74, 6) is 1.45. The largest absolute Gasteiger partial charge is 0.331 e. The molecule has 0 aromatic heterocycles. The van der Waals surface area contributed by atoms with E-state index >= 15 is 0 Å². The van der Waals surface area contributed by atoms with Crippen molar-refractivity contribution in [2.75, 3.05) is 0 Å². The zero-order valence-corrected chi connectivity index (χ0v) is 12.1. The number of carbonyl (C=O) groups excluding carboxylic acids is 3. The van der Waals surface area contributed by atoms with Gasteiger partial charge in [0.25, 0.3) is 0 Å². The van der Waals surface area contributed by atoms with Crippen LogP contribution < -0.4 is 5.32 Å². The Kier molecular flexibility index (Phi) is 2.03. The second-order valence-corrected chi connectivity index (χ2v) is 8.12. The van der Waals surface area contributed by atoms with Crippen molar-refractivity contribution in [3.63, 3.8) is 0 Å². The number of hydrogen-bond acceptors (Lipinski definition) is 3. The van der Waals surface area contributed by atoms with Gasteiger partial charge in [0, 0.05) is 0 Å². The lowest BCUT2D eigenvalue weighted by Crippen LogP contribution is -2.70. The second kappa shape index (κ2) is 3.50. The highest BCUT2D eigenvalue weighted by atomic mass is 16.2. The third-order valence-electron chi connectivity index (χ3n) is 6.70. The summed E-state index contributed by atoms with van der Waals surface area (Å²) in [6, 6.07) is -0.454. The van der Waals surface area contributed by atoms with Crippen LogP contribution in [0.25, 0.3) is 0 Å². The zero-order valence-electron chi connectivity index (χ0n) is 12.1. The van der Waals surface area contributed by atoms with Gasteiger partial charge >= 0.3 is 6.03 Å². The Morgan fingerprint density at radius 1 is 0.905 bits per heavy atom. The SMILES string of the molecule is O=C1NC(=O)C2(CC2)C(=O)N1C12CC3CC(CC(C3)C1)C2. The van der Waals surface area contributed by atoms with Gasteiger partial charge in [-0.1, -0.05) is 0 Å². The van der Waals surface area contributed by atoms with E-state index < -0.39 is 11.4 Å². The fourth-order valence-electron chi connectivity index (χ4n) is 6.01. The quantitative estimate of drug-likeness (QED) is 0.748. The van der Waals surface area contributed by atoms with Crippen LogP contribution in [0.3, 0.4) is 0 Å².